The third-order valence-electron chi connectivity index (χ3n) is 5.34. The van der Waals surface area contributed by atoms with Gasteiger partial charge in [0.1, 0.15) is 0 Å². The molecule has 2 aromatic heterocycles. The molecule has 7 nitrogen and oxygen atoms in total. The predicted octanol–water partition coefficient (Wildman–Crippen LogP) is 5.83. The van der Waals surface area contributed by atoms with Crippen LogP contribution >= 0.6 is 0 Å². The monoisotopic (exact) mass is 434 g/mol. The number of hydrogen-bond donors (Lipinski definition) is 1. The first-order valence-corrected chi connectivity index (χ1v) is 10.3. The van der Waals surface area contributed by atoms with Crippen LogP contribution in [0.5, 0.6) is 0 Å². The van der Waals surface area contributed by atoms with Crippen LogP contribution in [-0.4, -0.2) is 20.2 Å². The van der Waals surface area contributed by atoms with Crippen molar-refractivity contribution in [1.82, 2.24) is 9.38 Å². The normalized spacial score (nSPS) is 10.8. The van der Waals surface area contributed by atoms with Gasteiger partial charge >= 0.3 is 0 Å². The van der Waals surface area contributed by atoms with E-state index in [4.69, 9.17) is 4.98 Å². The molecular formula is C26H18N4O3. The highest BCUT2D eigenvalue weighted by Crippen LogP contribution is 2.27. The topological polar surface area (TPSA) is 89.5 Å². The second-order valence-electron chi connectivity index (χ2n) is 7.48. The van der Waals surface area contributed by atoms with E-state index in [0.717, 1.165) is 22.4 Å². The summed E-state index contributed by atoms with van der Waals surface area (Å²) in [5.41, 5.74) is 5.15. The highest BCUT2D eigenvalue weighted by atomic mass is 16.6. The fourth-order valence-corrected chi connectivity index (χ4v) is 3.67. The highest BCUT2D eigenvalue weighted by molar-refractivity contribution is 6.06. The van der Waals surface area contributed by atoms with Gasteiger partial charge in [0, 0.05) is 35.7 Å². The van der Waals surface area contributed by atoms with Gasteiger partial charge in [-0.3, -0.25) is 14.9 Å². The van der Waals surface area contributed by atoms with Crippen LogP contribution in [0.25, 0.3) is 28.0 Å². The maximum atomic E-state index is 12.7. The van der Waals surface area contributed by atoms with Crippen molar-refractivity contribution in [3.8, 4) is 22.4 Å². The first-order chi connectivity index (χ1) is 16.1. The van der Waals surface area contributed by atoms with Crippen LogP contribution in [0.15, 0.2) is 103 Å². The number of benzene rings is 3. The number of nitro benzene ring substituents is 1. The molecule has 1 N–H and O–H groups in total. The molecule has 0 saturated heterocycles. The Kier molecular flexibility index (Phi) is 5.12. The SMILES string of the molecule is O=C(Nc1cccn2cc(-c3ccc(-c4ccccc4)cc3)nc12)c1cccc([N+](=O)[O-])c1. The second-order valence-corrected chi connectivity index (χ2v) is 7.48. The molecule has 0 aliphatic heterocycles. The summed E-state index contributed by atoms with van der Waals surface area (Å²) in [6.45, 7) is 0. The van der Waals surface area contributed by atoms with Crippen molar-refractivity contribution in [3.05, 3.63) is 119 Å². The van der Waals surface area contributed by atoms with Gasteiger partial charge in [-0.25, -0.2) is 4.98 Å². The molecule has 5 aromatic rings. The molecule has 3 aromatic carbocycles. The van der Waals surface area contributed by atoms with Gasteiger partial charge in [0.15, 0.2) is 5.65 Å². The van der Waals surface area contributed by atoms with E-state index < -0.39 is 10.8 Å². The Morgan fingerprint density at radius 3 is 2.33 bits per heavy atom. The van der Waals surface area contributed by atoms with Crippen LogP contribution in [0.2, 0.25) is 0 Å². The van der Waals surface area contributed by atoms with Crippen molar-refractivity contribution in [2.75, 3.05) is 5.32 Å². The van der Waals surface area contributed by atoms with E-state index in [2.05, 4.69) is 29.6 Å². The second kappa shape index (κ2) is 8.39. The van der Waals surface area contributed by atoms with Gasteiger partial charge < -0.3 is 9.72 Å². The van der Waals surface area contributed by atoms with Crippen LogP contribution in [0, 0.1) is 10.1 Å². The zero-order chi connectivity index (χ0) is 22.8. The average molecular weight is 434 g/mol. The van der Waals surface area contributed by atoms with Gasteiger partial charge in [-0.1, -0.05) is 60.7 Å². The maximum absolute atomic E-state index is 12.7. The van der Waals surface area contributed by atoms with Crippen molar-refractivity contribution in [2.45, 2.75) is 0 Å². The molecule has 0 aliphatic rings. The third kappa shape index (κ3) is 4.07. The summed E-state index contributed by atoms with van der Waals surface area (Å²) in [6.07, 6.45) is 3.75. The Morgan fingerprint density at radius 2 is 1.58 bits per heavy atom. The number of anilines is 1. The lowest BCUT2D eigenvalue weighted by atomic mass is 10.0. The Balaban J connectivity index is 1.43. The van der Waals surface area contributed by atoms with Crippen molar-refractivity contribution >= 4 is 22.9 Å². The molecule has 160 valence electrons. The Hall–Kier alpha value is -4.78. The fourth-order valence-electron chi connectivity index (χ4n) is 3.67. The van der Waals surface area contributed by atoms with Crippen molar-refractivity contribution in [2.24, 2.45) is 0 Å². The summed E-state index contributed by atoms with van der Waals surface area (Å²) in [5.74, 6) is -0.441. The van der Waals surface area contributed by atoms with Gasteiger partial charge in [-0.15, -0.1) is 0 Å². The molecule has 0 aliphatic carbocycles. The Morgan fingerprint density at radius 1 is 0.848 bits per heavy atom. The third-order valence-corrected chi connectivity index (χ3v) is 5.34. The molecule has 0 radical (unpaired) electrons. The highest BCUT2D eigenvalue weighted by Gasteiger charge is 2.14. The van der Waals surface area contributed by atoms with Gasteiger partial charge in [0.25, 0.3) is 11.6 Å². The molecule has 5 rings (SSSR count). The van der Waals surface area contributed by atoms with E-state index >= 15 is 0 Å². The summed E-state index contributed by atoms with van der Waals surface area (Å²) in [6, 6.07) is 27.5. The van der Waals surface area contributed by atoms with Crippen LogP contribution in [0.3, 0.4) is 0 Å². The fraction of sp³-hybridized carbons (Fsp3) is 0. The van der Waals surface area contributed by atoms with E-state index in [1.54, 1.807) is 12.1 Å². The van der Waals surface area contributed by atoms with E-state index in [9.17, 15) is 14.9 Å². The zero-order valence-electron chi connectivity index (χ0n) is 17.4. The van der Waals surface area contributed by atoms with Crippen LogP contribution < -0.4 is 5.32 Å². The van der Waals surface area contributed by atoms with Gasteiger partial charge in [0.05, 0.1) is 16.3 Å². The lowest BCUT2D eigenvalue weighted by Gasteiger charge is -2.06. The van der Waals surface area contributed by atoms with E-state index in [0.29, 0.717) is 11.3 Å². The smallest absolute Gasteiger partial charge is 0.270 e. The minimum Gasteiger partial charge on any atom is -0.319 e. The molecule has 0 spiro atoms. The Labute approximate surface area is 189 Å². The molecule has 0 bridgehead atoms. The van der Waals surface area contributed by atoms with Crippen molar-refractivity contribution in [1.29, 1.82) is 0 Å². The maximum Gasteiger partial charge on any atom is 0.270 e. The standard InChI is InChI=1S/C26H18N4O3/c31-26(21-8-4-9-22(16-21)30(32)33)28-23-10-5-15-29-17-24(27-25(23)29)20-13-11-19(12-14-20)18-6-2-1-3-7-18/h1-17H,(H,28,31). The summed E-state index contributed by atoms with van der Waals surface area (Å²) in [5, 5.41) is 13.8. The number of nitrogens with zero attached hydrogens (tertiary/aromatic N) is 3. The molecule has 0 fully saturated rings. The minimum atomic E-state index is -0.526. The van der Waals surface area contributed by atoms with Crippen molar-refractivity contribution < 1.29 is 9.72 Å². The summed E-state index contributed by atoms with van der Waals surface area (Å²) < 4.78 is 1.84. The molecule has 0 unspecified atom stereocenters. The number of nitrogens with one attached hydrogen (secondary N) is 1. The summed E-state index contributed by atoms with van der Waals surface area (Å²) >= 11 is 0. The average Bonchev–Trinajstić information content (AvgIpc) is 3.30. The number of pyridine rings is 1. The molecular weight excluding hydrogens is 416 g/mol. The summed E-state index contributed by atoms with van der Waals surface area (Å²) in [7, 11) is 0. The molecule has 0 atom stereocenters. The number of hydrogen-bond acceptors (Lipinski definition) is 4. The van der Waals surface area contributed by atoms with Gasteiger partial charge in [-0.2, -0.15) is 0 Å². The van der Waals surface area contributed by atoms with Crippen molar-refractivity contribution in [3.63, 3.8) is 0 Å². The largest absolute Gasteiger partial charge is 0.319 e. The lowest BCUT2D eigenvalue weighted by Crippen LogP contribution is -2.13. The molecule has 7 heteroatoms. The van der Waals surface area contributed by atoms with Gasteiger partial charge in [-0.05, 0) is 29.3 Å². The zero-order valence-corrected chi connectivity index (χ0v) is 17.4. The number of aromatic nitrogens is 2. The van der Waals surface area contributed by atoms with Crippen LogP contribution in [-0.2, 0) is 0 Å². The first-order valence-electron chi connectivity index (χ1n) is 10.3. The summed E-state index contributed by atoms with van der Waals surface area (Å²) in [4.78, 5) is 27.9. The molecule has 2 heterocycles. The van der Waals surface area contributed by atoms with E-state index in [1.807, 2.05) is 47.1 Å². The first kappa shape index (κ1) is 20.1. The quantitative estimate of drug-likeness (QED) is 0.278. The molecule has 1 amide bonds. The predicted molar refractivity (Wildman–Crippen MR) is 127 cm³/mol. The number of nitro groups is 1. The van der Waals surface area contributed by atoms with Crippen LogP contribution in [0.4, 0.5) is 11.4 Å². The number of rotatable bonds is 5. The number of carbonyl (C=O) groups is 1. The number of fused-ring (bicyclic) bond motifs is 1. The number of amides is 1. The molecule has 33 heavy (non-hydrogen) atoms. The number of non-ortho nitro benzene ring substituents is 1. The van der Waals surface area contributed by atoms with Gasteiger partial charge in [0.2, 0.25) is 0 Å². The number of carbonyl (C=O) groups excluding carboxylic acids is 1. The number of imidazole rings is 1. The van der Waals surface area contributed by atoms with E-state index in [1.165, 1.54) is 24.3 Å². The lowest BCUT2D eigenvalue weighted by molar-refractivity contribution is -0.384. The molecule has 0 saturated carbocycles. The van der Waals surface area contributed by atoms with Crippen LogP contribution in [0.1, 0.15) is 10.4 Å². The Bertz CT molecular complexity index is 1480. The minimum absolute atomic E-state index is 0.136. The van der Waals surface area contributed by atoms with E-state index in [-0.39, 0.29) is 11.3 Å².